The van der Waals surface area contributed by atoms with Gasteiger partial charge in [-0.1, -0.05) is 41.9 Å². The average molecular weight is 262 g/mol. The molecule has 3 aromatic rings. The zero-order valence-corrected chi connectivity index (χ0v) is 9.92. The van der Waals surface area contributed by atoms with Gasteiger partial charge in [0.2, 0.25) is 11.3 Å². The molecule has 1 N–H and O–H groups in total. The van der Waals surface area contributed by atoms with Crippen LogP contribution in [0.2, 0.25) is 5.15 Å². The average Bonchev–Trinajstić information content (AvgIpc) is 2.84. The maximum atomic E-state index is 5.98. The Morgan fingerprint density at radius 2 is 1.78 bits per heavy atom. The van der Waals surface area contributed by atoms with Crippen LogP contribution < -0.4 is 5.32 Å². The van der Waals surface area contributed by atoms with Crippen molar-refractivity contribution in [2.24, 2.45) is 0 Å². The molecule has 0 atom stereocenters. The quantitative estimate of drug-likeness (QED) is 0.779. The van der Waals surface area contributed by atoms with Crippen LogP contribution in [0.4, 0.5) is 5.82 Å². The summed E-state index contributed by atoms with van der Waals surface area (Å²) in [5.74, 6) is 0.462. The molecule has 2 heterocycles. The minimum Gasteiger partial charge on any atom is -0.363 e. The maximum Gasteiger partial charge on any atom is 0.245 e. The van der Waals surface area contributed by atoms with E-state index in [9.17, 15) is 0 Å². The van der Waals surface area contributed by atoms with Crippen molar-refractivity contribution >= 4 is 28.7 Å². The van der Waals surface area contributed by atoms with Gasteiger partial charge in [-0.15, -0.1) is 0 Å². The lowest BCUT2D eigenvalue weighted by Gasteiger charge is -2.05. The summed E-state index contributed by atoms with van der Waals surface area (Å²) in [5, 5.41) is 10.5. The first-order valence-corrected chi connectivity index (χ1v) is 5.64. The lowest BCUT2D eigenvalue weighted by Crippen LogP contribution is -2.03. The number of benzene rings is 1. The van der Waals surface area contributed by atoms with Crippen LogP contribution in [0.25, 0.3) is 11.3 Å². The Morgan fingerprint density at radius 1 is 1.06 bits per heavy atom. The third-order valence-corrected chi connectivity index (χ3v) is 2.64. The lowest BCUT2D eigenvalue weighted by atomic mass is 10.2. The van der Waals surface area contributed by atoms with Gasteiger partial charge >= 0.3 is 0 Å². The second-order valence-electron chi connectivity index (χ2n) is 3.61. The van der Waals surface area contributed by atoms with E-state index in [2.05, 4.69) is 30.2 Å². The van der Waals surface area contributed by atoms with Crippen LogP contribution in [0.1, 0.15) is 5.56 Å². The summed E-state index contributed by atoms with van der Waals surface area (Å²) in [6.45, 7) is 0.603. The number of hydrogen-bond acceptors (Lipinski definition) is 6. The number of fused-ring (bicyclic) bond motifs is 1. The fourth-order valence-corrected chi connectivity index (χ4v) is 1.70. The molecule has 6 nitrogen and oxygen atoms in total. The van der Waals surface area contributed by atoms with Crippen molar-refractivity contribution in [2.75, 3.05) is 5.32 Å². The predicted octanol–water partition coefficient (Wildman–Crippen LogP) is 2.28. The van der Waals surface area contributed by atoms with Crippen molar-refractivity contribution in [1.29, 1.82) is 0 Å². The van der Waals surface area contributed by atoms with E-state index in [1.165, 1.54) is 0 Å². The molecule has 0 aliphatic rings. The largest absolute Gasteiger partial charge is 0.363 e. The summed E-state index contributed by atoms with van der Waals surface area (Å²) in [5.41, 5.74) is 1.74. The summed E-state index contributed by atoms with van der Waals surface area (Å²) >= 11 is 5.98. The highest BCUT2D eigenvalue weighted by Gasteiger charge is 2.10. The van der Waals surface area contributed by atoms with Gasteiger partial charge in [-0.25, -0.2) is 14.6 Å². The first-order chi connectivity index (χ1) is 8.83. The molecule has 0 radical (unpaired) electrons. The van der Waals surface area contributed by atoms with Gasteiger partial charge in [-0.05, 0) is 15.9 Å². The highest BCUT2D eigenvalue weighted by atomic mass is 35.5. The highest BCUT2D eigenvalue weighted by Crippen LogP contribution is 2.19. The Labute approximate surface area is 107 Å². The number of aromatic nitrogens is 4. The van der Waals surface area contributed by atoms with Gasteiger partial charge in [0.25, 0.3) is 0 Å². The van der Waals surface area contributed by atoms with E-state index in [1.54, 1.807) is 0 Å². The van der Waals surface area contributed by atoms with Crippen LogP contribution in [0.3, 0.4) is 0 Å². The van der Waals surface area contributed by atoms with Crippen molar-refractivity contribution in [1.82, 2.24) is 20.3 Å². The maximum absolute atomic E-state index is 5.98. The lowest BCUT2D eigenvalue weighted by molar-refractivity contribution is 0.314. The molecule has 0 saturated carbocycles. The van der Waals surface area contributed by atoms with Crippen molar-refractivity contribution in [3.05, 3.63) is 41.0 Å². The van der Waals surface area contributed by atoms with Crippen LogP contribution in [-0.4, -0.2) is 20.3 Å². The van der Waals surface area contributed by atoms with E-state index in [-0.39, 0.29) is 5.15 Å². The number of nitrogens with one attached hydrogen (secondary N) is 1. The van der Waals surface area contributed by atoms with E-state index >= 15 is 0 Å². The van der Waals surface area contributed by atoms with Crippen molar-refractivity contribution < 1.29 is 4.63 Å². The molecule has 1 aromatic carbocycles. The molecule has 7 heteroatoms. The standard InChI is InChI=1S/C11H8ClN5O/c12-8-9(13-6-7-4-2-1-3-5-7)15-11-10(14-8)16-18-17-11/h1-5H,6H2,(H,13,15,17). The van der Waals surface area contributed by atoms with Crippen molar-refractivity contribution in [3.63, 3.8) is 0 Å². The van der Waals surface area contributed by atoms with Crippen LogP contribution in [-0.2, 0) is 6.54 Å². The minimum absolute atomic E-state index is 0.245. The fourth-order valence-electron chi connectivity index (χ4n) is 1.51. The summed E-state index contributed by atoms with van der Waals surface area (Å²) < 4.78 is 4.53. The molecule has 0 unspecified atom stereocenters. The molecule has 0 fully saturated rings. The number of anilines is 1. The monoisotopic (exact) mass is 261 g/mol. The third-order valence-electron chi connectivity index (χ3n) is 2.37. The number of halogens is 1. The summed E-state index contributed by atoms with van der Waals surface area (Å²) in [4.78, 5) is 8.20. The molecule has 0 spiro atoms. The Morgan fingerprint density at radius 3 is 2.56 bits per heavy atom. The SMILES string of the molecule is Clc1nc2nonc2nc1NCc1ccccc1. The first kappa shape index (κ1) is 10.9. The number of hydrogen-bond donors (Lipinski definition) is 1. The molecule has 0 amide bonds. The van der Waals surface area contributed by atoms with Crippen molar-refractivity contribution in [3.8, 4) is 0 Å². The van der Waals surface area contributed by atoms with Gasteiger partial charge in [-0.2, -0.15) is 0 Å². The number of nitrogens with zero attached hydrogens (tertiary/aromatic N) is 4. The predicted molar refractivity (Wildman–Crippen MR) is 66.2 cm³/mol. The topological polar surface area (TPSA) is 76.7 Å². The Hall–Kier alpha value is -2.21. The van der Waals surface area contributed by atoms with Crippen LogP contribution in [0.5, 0.6) is 0 Å². The molecule has 0 saturated heterocycles. The molecular weight excluding hydrogens is 254 g/mol. The molecule has 0 bridgehead atoms. The van der Waals surface area contributed by atoms with Gasteiger partial charge in [0.1, 0.15) is 0 Å². The molecule has 90 valence electrons. The smallest absolute Gasteiger partial charge is 0.245 e. The summed E-state index contributed by atoms with van der Waals surface area (Å²) in [6, 6.07) is 9.91. The van der Waals surface area contributed by atoms with Crippen molar-refractivity contribution in [2.45, 2.75) is 6.54 Å². The molecule has 3 rings (SSSR count). The van der Waals surface area contributed by atoms with E-state index < -0.39 is 0 Å². The zero-order chi connectivity index (χ0) is 12.4. The van der Waals surface area contributed by atoms with E-state index in [4.69, 9.17) is 11.6 Å². The molecular formula is C11H8ClN5O. The van der Waals surface area contributed by atoms with E-state index in [0.29, 0.717) is 23.7 Å². The minimum atomic E-state index is 0.245. The second kappa shape index (κ2) is 4.58. The molecule has 18 heavy (non-hydrogen) atoms. The fraction of sp³-hybridized carbons (Fsp3) is 0.0909. The van der Waals surface area contributed by atoms with Crippen LogP contribution in [0, 0.1) is 0 Å². The summed E-state index contributed by atoms with van der Waals surface area (Å²) in [7, 11) is 0. The van der Waals surface area contributed by atoms with Crippen LogP contribution >= 0.6 is 11.6 Å². The number of rotatable bonds is 3. The van der Waals surface area contributed by atoms with Gasteiger partial charge in [0, 0.05) is 6.54 Å². The Balaban J connectivity index is 1.84. The molecule has 0 aliphatic heterocycles. The van der Waals surface area contributed by atoms with Gasteiger partial charge < -0.3 is 5.32 Å². The second-order valence-corrected chi connectivity index (χ2v) is 3.97. The highest BCUT2D eigenvalue weighted by molar-refractivity contribution is 6.32. The van der Waals surface area contributed by atoms with Gasteiger partial charge in [-0.3, -0.25) is 0 Å². The van der Waals surface area contributed by atoms with E-state index in [0.717, 1.165) is 5.56 Å². The Bertz CT molecular complexity index is 670. The van der Waals surface area contributed by atoms with E-state index in [1.807, 2.05) is 30.3 Å². The summed E-state index contributed by atoms with van der Waals surface area (Å²) in [6.07, 6.45) is 0. The Kier molecular flexibility index (Phi) is 2.77. The zero-order valence-electron chi connectivity index (χ0n) is 9.17. The molecule has 0 aliphatic carbocycles. The van der Waals surface area contributed by atoms with Crippen LogP contribution in [0.15, 0.2) is 35.0 Å². The molecule has 2 aromatic heterocycles. The van der Waals surface area contributed by atoms with Gasteiger partial charge in [0.05, 0.1) is 0 Å². The van der Waals surface area contributed by atoms with Gasteiger partial charge in [0.15, 0.2) is 11.0 Å². The third kappa shape index (κ3) is 2.10. The first-order valence-electron chi connectivity index (χ1n) is 5.26. The normalized spacial score (nSPS) is 10.7.